The van der Waals surface area contributed by atoms with E-state index in [0.717, 1.165) is 36.8 Å². The standard InChI is InChI=1S/C26H31N3O6S/c1-17-6-5-9-21(18(17)2)29(13-24(30)27-19-7-3-4-8-19)26(32)15-36(33)14-25(31)28-20-10-11-22-23(12-20)35-16-34-22/h5-6,9-12,19H,3-4,7-8,13-16H2,1-2H3,(H,27,30)(H,28,31)/t36-/m0/s1. The van der Waals surface area contributed by atoms with E-state index in [4.69, 9.17) is 9.47 Å². The Kier molecular flexibility index (Phi) is 8.25. The van der Waals surface area contributed by atoms with Gasteiger partial charge in [-0.3, -0.25) is 18.6 Å². The Morgan fingerprint density at radius 2 is 1.75 bits per heavy atom. The lowest BCUT2D eigenvalue weighted by atomic mass is 10.1. The Hall–Kier alpha value is -3.40. The number of nitrogens with zero attached hydrogens (tertiary/aromatic N) is 1. The molecule has 2 aliphatic rings. The number of nitrogens with one attached hydrogen (secondary N) is 2. The summed E-state index contributed by atoms with van der Waals surface area (Å²) in [5, 5.41) is 5.68. The molecular formula is C26H31N3O6S. The van der Waals surface area contributed by atoms with Gasteiger partial charge in [0.25, 0.3) is 0 Å². The molecule has 2 aromatic rings. The van der Waals surface area contributed by atoms with Gasteiger partial charge in [-0.15, -0.1) is 0 Å². The van der Waals surface area contributed by atoms with E-state index in [1.807, 2.05) is 26.0 Å². The predicted octanol–water partition coefficient (Wildman–Crippen LogP) is 2.81. The Bertz CT molecular complexity index is 1180. The highest BCUT2D eigenvalue weighted by molar-refractivity contribution is 7.86. The molecule has 2 aromatic carbocycles. The molecule has 1 saturated carbocycles. The molecule has 0 bridgehead atoms. The molecule has 0 aromatic heterocycles. The third kappa shape index (κ3) is 6.42. The van der Waals surface area contributed by atoms with Crippen LogP contribution in [0.4, 0.5) is 11.4 Å². The third-order valence-electron chi connectivity index (χ3n) is 6.42. The van der Waals surface area contributed by atoms with Gasteiger partial charge in [0.1, 0.15) is 18.1 Å². The maximum absolute atomic E-state index is 13.2. The number of ether oxygens (including phenoxy) is 2. The van der Waals surface area contributed by atoms with Crippen LogP contribution in [0, 0.1) is 13.8 Å². The zero-order chi connectivity index (χ0) is 25.7. The molecule has 3 amide bonds. The monoisotopic (exact) mass is 513 g/mol. The van der Waals surface area contributed by atoms with Gasteiger partial charge in [0.05, 0.1) is 0 Å². The summed E-state index contributed by atoms with van der Waals surface area (Å²) in [7, 11) is -1.77. The summed E-state index contributed by atoms with van der Waals surface area (Å²) >= 11 is 0. The van der Waals surface area contributed by atoms with E-state index in [-0.39, 0.29) is 36.8 Å². The maximum Gasteiger partial charge on any atom is 0.240 e. The van der Waals surface area contributed by atoms with Crippen LogP contribution >= 0.6 is 0 Å². The lowest BCUT2D eigenvalue weighted by molar-refractivity contribution is -0.123. The van der Waals surface area contributed by atoms with Gasteiger partial charge in [-0.25, -0.2) is 0 Å². The first kappa shape index (κ1) is 25.7. The first-order chi connectivity index (χ1) is 17.3. The van der Waals surface area contributed by atoms with Gasteiger partial charge >= 0.3 is 0 Å². The van der Waals surface area contributed by atoms with E-state index in [0.29, 0.717) is 22.9 Å². The number of aryl methyl sites for hydroxylation is 1. The molecule has 4 rings (SSSR count). The van der Waals surface area contributed by atoms with Crippen molar-refractivity contribution in [1.29, 1.82) is 0 Å². The molecule has 1 fully saturated rings. The number of hydrogen-bond donors (Lipinski definition) is 2. The van der Waals surface area contributed by atoms with E-state index in [2.05, 4.69) is 10.6 Å². The number of hydrogen-bond acceptors (Lipinski definition) is 6. The normalized spacial score (nSPS) is 15.4. The Morgan fingerprint density at radius 3 is 2.53 bits per heavy atom. The van der Waals surface area contributed by atoms with Crippen molar-refractivity contribution in [2.24, 2.45) is 0 Å². The summed E-state index contributed by atoms with van der Waals surface area (Å²) in [6, 6.07) is 10.6. The molecule has 1 heterocycles. The van der Waals surface area contributed by atoms with Crippen LogP contribution in [0.3, 0.4) is 0 Å². The maximum atomic E-state index is 13.2. The molecule has 9 nitrogen and oxygen atoms in total. The van der Waals surface area contributed by atoms with Crippen LogP contribution in [-0.2, 0) is 25.2 Å². The highest BCUT2D eigenvalue weighted by atomic mass is 32.2. The number of amides is 3. The highest BCUT2D eigenvalue weighted by Gasteiger charge is 2.26. The molecule has 1 aliphatic carbocycles. The van der Waals surface area contributed by atoms with E-state index < -0.39 is 22.6 Å². The van der Waals surface area contributed by atoms with Crippen LogP contribution in [0.15, 0.2) is 36.4 Å². The van der Waals surface area contributed by atoms with E-state index in [1.165, 1.54) is 4.90 Å². The number of carbonyl (C=O) groups excluding carboxylic acids is 3. The third-order valence-corrected chi connectivity index (χ3v) is 7.58. The Labute approximate surface area is 213 Å². The average molecular weight is 514 g/mol. The van der Waals surface area contributed by atoms with Crippen LogP contribution in [-0.4, -0.2) is 52.8 Å². The topological polar surface area (TPSA) is 114 Å². The molecule has 0 saturated heterocycles. The van der Waals surface area contributed by atoms with Gasteiger partial charge in [0, 0.05) is 34.3 Å². The second-order valence-corrected chi connectivity index (χ2v) is 10.5. The molecule has 0 unspecified atom stereocenters. The van der Waals surface area contributed by atoms with Crippen LogP contribution in [0.5, 0.6) is 11.5 Å². The summed E-state index contributed by atoms with van der Waals surface area (Å²) in [5.74, 6) is -0.831. The zero-order valence-corrected chi connectivity index (χ0v) is 21.3. The minimum absolute atomic E-state index is 0.119. The van der Waals surface area contributed by atoms with E-state index in [9.17, 15) is 18.6 Å². The van der Waals surface area contributed by atoms with Crippen molar-refractivity contribution in [1.82, 2.24) is 5.32 Å². The lowest BCUT2D eigenvalue weighted by Gasteiger charge is -2.25. The zero-order valence-electron chi connectivity index (χ0n) is 20.5. The van der Waals surface area contributed by atoms with Crippen molar-refractivity contribution in [3.63, 3.8) is 0 Å². The van der Waals surface area contributed by atoms with Crippen LogP contribution in [0.25, 0.3) is 0 Å². The molecule has 0 radical (unpaired) electrons. The van der Waals surface area contributed by atoms with Gasteiger partial charge in [-0.1, -0.05) is 25.0 Å². The number of fused-ring (bicyclic) bond motifs is 1. The molecule has 10 heteroatoms. The quantitative estimate of drug-likeness (QED) is 0.533. The molecule has 192 valence electrons. The molecule has 1 aliphatic heterocycles. The van der Waals surface area contributed by atoms with Crippen LogP contribution in [0.1, 0.15) is 36.8 Å². The van der Waals surface area contributed by atoms with Crippen molar-refractivity contribution >= 4 is 39.9 Å². The Morgan fingerprint density at radius 1 is 1.00 bits per heavy atom. The first-order valence-corrected chi connectivity index (χ1v) is 13.5. The largest absolute Gasteiger partial charge is 0.454 e. The van der Waals surface area contributed by atoms with E-state index in [1.54, 1.807) is 24.3 Å². The summed E-state index contributed by atoms with van der Waals surface area (Å²) in [5.41, 5.74) is 2.92. The number of anilines is 2. The molecular weight excluding hydrogens is 482 g/mol. The second kappa shape index (κ2) is 11.6. The van der Waals surface area contributed by atoms with Crippen molar-refractivity contribution in [2.45, 2.75) is 45.6 Å². The second-order valence-electron chi connectivity index (χ2n) is 9.09. The molecule has 36 heavy (non-hydrogen) atoms. The van der Waals surface area contributed by atoms with Crippen LogP contribution in [0.2, 0.25) is 0 Å². The van der Waals surface area contributed by atoms with Gasteiger partial charge < -0.3 is 25.0 Å². The van der Waals surface area contributed by atoms with E-state index >= 15 is 0 Å². The fourth-order valence-corrected chi connectivity index (χ4v) is 5.30. The van der Waals surface area contributed by atoms with Gasteiger partial charge in [0.2, 0.25) is 24.5 Å². The number of rotatable bonds is 9. The molecule has 1 atom stereocenters. The summed E-state index contributed by atoms with van der Waals surface area (Å²) in [6.07, 6.45) is 4.03. The molecule has 0 spiro atoms. The van der Waals surface area contributed by atoms with Gasteiger partial charge in [0.15, 0.2) is 11.5 Å². The van der Waals surface area contributed by atoms with Crippen molar-refractivity contribution in [2.75, 3.05) is 35.1 Å². The van der Waals surface area contributed by atoms with Crippen LogP contribution < -0.4 is 25.0 Å². The minimum Gasteiger partial charge on any atom is -0.454 e. The summed E-state index contributed by atoms with van der Waals surface area (Å²) in [4.78, 5) is 39.8. The Balaban J connectivity index is 1.39. The van der Waals surface area contributed by atoms with Gasteiger partial charge in [-0.2, -0.15) is 0 Å². The number of carbonyl (C=O) groups is 3. The average Bonchev–Trinajstić information content (AvgIpc) is 3.51. The first-order valence-electron chi connectivity index (χ1n) is 12.0. The van der Waals surface area contributed by atoms with Gasteiger partial charge in [-0.05, 0) is 56.0 Å². The summed E-state index contributed by atoms with van der Waals surface area (Å²) < 4.78 is 23.3. The predicted molar refractivity (Wildman–Crippen MR) is 138 cm³/mol. The fraction of sp³-hybridized carbons (Fsp3) is 0.423. The highest BCUT2D eigenvalue weighted by Crippen LogP contribution is 2.34. The minimum atomic E-state index is -1.77. The van der Waals surface area contributed by atoms with Crippen molar-refractivity contribution in [3.05, 3.63) is 47.5 Å². The van der Waals surface area contributed by atoms with Crippen molar-refractivity contribution in [3.8, 4) is 11.5 Å². The number of benzene rings is 2. The lowest BCUT2D eigenvalue weighted by Crippen LogP contribution is -2.45. The van der Waals surface area contributed by atoms with Crippen molar-refractivity contribution < 1.29 is 28.1 Å². The smallest absolute Gasteiger partial charge is 0.240 e. The fourth-order valence-electron chi connectivity index (χ4n) is 4.41. The summed E-state index contributed by atoms with van der Waals surface area (Å²) in [6.45, 7) is 3.77. The molecule has 2 N–H and O–H groups in total. The SMILES string of the molecule is Cc1cccc(N(CC(=O)NC2CCCC2)C(=O)C[S@@](=O)CC(=O)Nc2ccc3c(c2)OCO3)c1C.